The van der Waals surface area contributed by atoms with Crippen LogP contribution in [0, 0.1) is 5.82 Å². The lowest BCUT2D eigenvalue weighted by molar-refractivity contribution is 0.627. The van der Waals surface area contributed by atoms with Crippen molar-refractivity contribution in [2.24, 2.45) is 0 Å². The monoisotopic (exact) mass is 329 g/mol. The van der Waals surface area contributed by atoms with Crippen LogP contribution in [0.2, 0.25) is 10.3 Å². The SMILES string of the molecule is CCCNc1nc(Cl)nc(NCc2ccc(F)c(Cl)c2)n1. The van der Waals surface area contributed by atoms with Gasteiger partial charge in [0.2, 0.25) is 17.2 Å². The van der Waals surface area contributed by atoms with Gasteiger partial charge in [0.1, 0.15) is 5.82 Å². The van der Waals surface area contributed by atoms with Crippen LogP contribution in [0.5, 0.6) is 0 Å². The molecule has 0 bridgehead atoms. The van der Waals surface area contributed by atoms with E-state index >= 15 is 0 Å². The number of benzene rings is 1. The van der Waals surface area contributed by atoms with Gasteiger partial charge in [-0.15, -0.1) is 0 Å². The Morgan fingerprint density at radius 3 is 2.48 bits per heavy atom. The van der Waals surface area contributed by atoms with E-state index in [9.17, 15) is 4.39 Å². The molecule has 2 N–H and O–H groups in total. The molecule has 0 radical (unpaired) electrons. The lowest BCUT2D eigenvalue weighted by Crippen LogP contribution is -2.09. The van der Waals surface area contributed by atoms with E-state index in [4.69, 9.17) is 23.2 Å². The van der Waals surface area contributed by atoms with Crippen molar-refractivity contribution in [3.05, 3.63) is 39.9 Å². The zero-order valence-electron chi connectivity index (χ0n) is 11.3. The van der Waals surface area contributed by atoms with Crippen LogP contribution in [0.25, 0.3) is 0 Å². The zero-order valence-corrected chi connectivity index (χ0v) is 12.8. The van der Waals surface area contributed by atoms with Crippen molar-refractivity contribution in [3.63, 3.8) is 0 Å². The molecule has 0 saturated heterocycles. The summed E-state index contributed by atoms with van der Waals surface area (Å²) < 4.78 is 13.1. The van der Waals surface area contributed by atoms with Crippen LogP contribution in [0.3, 0.4) is 0 Å². The van der Waals surface area contributed by atoms with Gasteiger partial charge in [-0.3, -0.25) is 0 Å². The molecule has 0 saturated carbocycles. The second kappa shape index (κ2) is 7.38. The Morgan fingerprint density at radius 1 is 1.10 bits per heavy atom. The van der Waals surface area contributed by atoms with Crippen LogP contribution in [-0.2, 0) is 6.54 Å². The van der Waals surface area contributed by atoms with Gasteiger partial charge >= 0.3 is 0 Å². The molecule has 0 unspecified atom stereocenters. The molecular weight excluding hydrogens is 316 g/mol. The average Bonchev–Trinajstić information content (AvgIpc) is 2.46. The van der Waals surface area contributed by atoms with Crippen LogP contribution >= 0.6 is 23.2 Å². The van der Waals surface area contributed by atoms with Gasteiger partial charge in [-0.2, -0.15) is 15.0 Å². The maximum Gasteiger partial charge on any atom is 0.229 e. The van der Waals surface area contributed by atoms with Crippen LogP contribution < -0.4 is 10.6 Å². The fourth-order valence-corrected chi connectivity index (χ4v) is 1.94. The van der Waals surface area contributed by atoms with Crippen molar-refractivity contribution in [2.45, 2.75) is 19.9 Å². The second-order valence-corrected chi connectivity index (χ2v) is 5.03. The first-order chi connectivity index (χ1) is 10.1. The van der Waals surface area contributed by atoms with E-state index in [-0.39, 0.29) is 10.3 Å². The highest BCUT2D eigenvalue weighted by atomic mass is 35.5. The van der Waals surface area contributed by atoms with E-state index in [1.807, 2.05) is 6.92 Å². The maximum absolute atomic E-state index is 13.1. The molecule has 8 heteroatoms. The number of nitrogens with zero attached hydrogens (tertiary/aromatic N) is 3. The molecule has 1 aromatic carbocycles. The van der Waals surface area contributed by atoms with Crippen molar-refractivity contribution in [1.29, 1.82) is 0 Å². The van der Waals surface area contributed by atoms with Gasteiger partial charge in [-0.1, -0.05) is 24.6 Å². The molecular formula is C13H14Cl2FN5. The van der Waals surface area contributed by atoms with Crippen molar-refractivity contribution >= 4 is 35.1 Å². The molecule has 112 valence electrons. The third kappa shape index (κ3) is 4.68. The third-order valence-corrected chi connectivity index (χ3v) is 3.03. The van der Waals surface area contributed by atoms with E-state index in [2.05, 4.69) is 25.6 Å². The average molecular weight is 330 g/mol. The van der Waals surface area contributed by atoms with Crippen molar-refractivity contribution < 1.29 is 4.39 Å². The molecule has 2 aromatic rings. The molecule has 0 fully saturated rings. The van der Waals surface area contributed by atoms with Gasteiger partial charge in [0.05, 0.1) is 5.02 Å². The van der Waals surface area contributed by atoms with Gasteiger partial charge in [0.15, 0.2) is 0 Å². The predicted octanol–water partition coefficient (Wildman–Crippen LogP) is 3.75. The number of nitrogens with one attached hydrogen (secondary N) is 2. The quantitative estimate of drug-likeness (QED) is 0.845. The van der Waals surface area contributed by atoms with E-state index < -0.39 is 5.82 Å². The van der Waals surface area contributed by atoms with E-state index in [1.54, 1.807) is 12.1 Å². The number of hydrogen-bond donors (Lipinski definition) is 2. The van der Waals surface area contributed by atoms with Crippen molar-refractivity contribution in [3.8, 4) is 0 Å². The minimum Gasteiger partial charge on any atom is -0.354 e. The zero-order chi connectivity index (χ0) is 15.2. The molecule has 0 atom stereocenters. The Balaban J connectivity index is 2.05. The maximum atomic E-state index is 13.1. The minimum absolute atomic E-state index is 0.0771. The Morgan fingerprint density at radius 2 is 1.81 bits per heavy atom. The Bertz CT molecular complexity index is 624. The molecule has 5 nitrogen and oxygen atoms in total. The first kappa shape index (κ1) is 15.7. The summed E-state index contributed by atoms with van der Waals surface area (Å²) in [6, 6.07) is 4.49. The summed E-state index contributed by atoms with van der Waals surface area (Å²) in [7, 11) is 0. The van der Waals surface area contributed by atoms with E-state index in [0.29, 0.717) is 18.4 Å². The molecule has 2 rings (SSSR count). The molecule has 0 amide bonds. The number of aromatic nitrogens is 3. The lowest BCUT2D eigenvalue weighted by atomic mass is 10.2. The van der Waals surface area contributed by atoms with Crippen molar-refractivity contribution in [2.75, 3.05) is 17.2 Å². The lowest BCUT2D eigenvalue weighted by Gasteiger charge is -2.08. The summed E-state index contributed by atoms with van der Waals surface area (Å²) >= 11 is 11.6. The Kier molecular flexibility index (Phi) is 5.52. The van der Waals surface area contributed by atoms with E-state index in [0.717, 1.165) is 18.5 Å². The molecule has 0 aliphatic rings. The third-order valence-electron chi connectivity index (χ3n) is 2.58. The van der Waals surface area contributed by atoms with Crippen molar-refractivity contribution in [1.82, 2.24) is 15.0 Å². The van der Waals surface area contributed by atoms with Crippen LogP contribution in [-0.4, -0.2) is 21.5 Å². The van der Waals surface area contributed by atoms with Crippen LogP contribution in [0.15, 0.2) is 18.2 Å². The standard InChI is InChI=1S/C13H14Cl2FN5/c1-2-5-17-12-19-11(15)20-13(21-12)18-7-8-3-4-10(16)9(14)6-8/h3-4,6H,2,5,7H2,1H3,(H2,17,18,19,20,21). The Labute approximate surface area is 131 Å². The Hall–Kier alpha value is -1.66. The summed E-state index contributed by atoms with van der Waals surface area (Å²) in [4.78, 5) is 12.1. The molecule has 0 aliphatic heterocycles. The fraction of sp³-hybridized carbons (Fsp3) is 0.308. The first-order valence-corrected chi connectivity index (χ1v) is 7.17. The molecule has 0 spiro atoms. The van der Waals surface area contributed by atoms with Gasteiger partial charge in [0.25, 0.3) is 0 Å². The molecule has 0 aliphatic carbocycles. The highest BCUT2D eigenvalue weighted by Crippen LogP contribution is 2.17. The minimum atomic E-state index is -0.449. The van der Waals surface area contributed by atoms with E-state index in [1.165, 1.54) is 6.07 Å². The van der Waals surface area contributed by atoms with Gasteiger partial charge in [-0.05, 0) is 35.7 Å². The number of halogens is 3. The molecule has 1 heterocycles. The fourth-order valence-electron chi connectivity index (χ4n) is 1.58. The molecule has 21 heavy (non-hydrogen) atoms. The van der Waals surface area contributed by atoms with Gasteiger partial charge in [0, 0.05) is 13.1 Å². The summed E-state index contributed by atoms with van der Waals surface area (Å²) in [6.07, 6.45) is 0.945. The first-order valence-electron chi connectivity index (χ1n) is 6.41. The van der Waals surface area contributed by atoms with Crippen LogP contribution in [0.1, 0.15) is 18.9 Å². The normalized spacial score (nSPS) is 10.5. The predicted molar refractivity (Wildman–Crippen MR) is 82.4 cm³/mol. The van der Waals surface area contributed by atoms with Gasteiger partial charge in [-0.25, -0.2) is 4.39 Å². The topological polar surface area (TPSA) is 62.7 Å². The smallest absolute Gasteiger partial charge is 0.229 e. The number of hydrogen-bond acceptors (Lipinski definition) is 5. The summed E-state index contributed by atoms with van der Waals surface area (Å²) in [6.45, 7) is 3.17. The summed E-state index contributed by atoms with van der Waals surface area (Å²) in [5.41, 5.74) is 0.806. The second-order valence-electron chi connectivity index (χ2n) is 4.28. The molecule has 1 aromatic heterocycles. The number of anilines is 2. The van der Waals surface area contributed by atoms with Crippen LogP contribution in [0.4, 0.5) is 16.3 Å². The summed E-state index contributed by atoms with van der Waals surface area (Å²) in [5, 5.41) is 6.21. The number of rotatable bonds is 6. The largest absolute Gasteiger partial charge is 0.354 e. The summed E-state index contributed by atoms with van der Waals surface area (Å²) in [5.74, 6) is 0.306. The highest BCUT2D eigenvalue weighted by molar-refractivity contribution is 6.30. The van der Waals surface area contributed by atoms with Gasteiger partial charge < -0.3 is 10.6 Å². The highest BCUT2D eigenvalue weighted by Gasteiger charge is 2.05.